The Balaban J connectivity index is 1.52. The van der Waals surface area contributed by atoms with E-state index in [1.54, 1.807) is 7.11 Å². The largest absolute Gasteiger partial charge is 0.496 e. The van der Waals surface area contributed by atoms with Gasteiger partial charge in [-0.05, 0) is 31.5 Å². The van der Waals surface area contributed by atoms with Gasteiger partial charge in [-0.2, -0.15) is 4.98 Å². The molecular formula is C22H23N3O3. The number of benzene rings is 2. The van der Waals surface area contributed by atoms with Crippen molar-refractivity contribution in [3.05, 3.63) is 65.0 Å². The van der Waals surface area contributed by atoms with Gasteiger partial charge in [0.1, 0.15) is 5.75 Å². The summed E-state index contributed by atoms with van der Waals surface area (Å²) in [6.07, 6.45) is 0.390. The van der Waals surface area contributed by atoms with E-state index in [1.807, 2.05) is 55.1 Å². The third kappa shape index (κ3) is 3.50. The molecule has 1 aliphatic heterocycles. The lowest BCUT2D eigenvalue weighted by molar-refractivity contribution is -0.128. The third-order valence-corrected chi connectivity index (χ3v) is 5.20. The number of amides is 1. The standard InChI is InChI=1S/C22H23N3O3/c1-14-8-9-15(2)18(10-14)22-23-21(24-28-22)17-11-20(26)25(13-17)12-16-6-4-5-7-19(16)27-3/h4-10,17H,11-13H2,1-3H3. The van der Waals surface area contributed by atoms with Crippen molar-refractivity contribution in [1.82, 2.24) is 15.0 Å². The highest BCUT2D eigenvalue weighted by Gasteiger charge is 2.34. The van der Waals surface area contributed by atoms with Crippen molar-refractivity contribution in [2.45, 2.75) is 32.7 Å². The number of nitrogens with zero attached hydrogens (tertiary/aromatic N) is 3. The molecule has 3 aromatic rings. The Bertz CT molecular complexity index is 1010. The second-order valence-electron chi connectivity index (χ2n) is 7.26. The molecule has 2 heterocycles. The van der Waals surface area contributed by atoms with Gasteiger partial charge in [-0.3, -0.25) is 4.79 Å². The summed E-state index contributed by atoms with van der Waals surface area (Å²) in [5.74, 6) is 1.91. The minimum Gasteiger partial charge on any atom is -0.496 e. The van der Waals surface area contributed by atoms with Crippen molar-refractivity contribution in [2.24, 2.45) is 0 Å². The van der Waals surface area contributed by atoms with Crippen LogP contribution in [0, 0.1) is 13.8 Å². The van der Waals surface area contributed by atoms with Crippen molar-refractivity contribution in [3.63, 3.8) is 0 Å². The van der Waals surface area contributed by atoms with Gasteiger partial charge in [0, 0.05) is 36.6 Å². The van der Waals surface area contributed by atoms with Gasteiger partial charge in [-0.15, -0.1) is 0 Å². The maximum Gasteiger partial charge on any atom is 0.258 e. The quantitative estimate of drug-likeness (QED) is 0.675. The highest BCUT2D eigenvalue weighted by molar-refractivity contribution is 5.79. The zero-order valence-electron chi connectivity index (χ0n) is 16.3. The van der Waals surface area contributed by atoms with Gasteiger partial charge in [0.25, 0.3) is 5.89 Å². The van der Waals surface area contributed by atoms with Gasteiger partial charge >= 0.3 is 0 Å². The molecule has 6 nitrogen and oxygen atoms in total. The van der Waals surface area contributed by atoms with Gasteiger partial charge in [0.05, 0.1) is 7.11 Å². The van der Waals surface area contributed by atoms with E-state index >= 15 is 0 Å². The van der Waals surface area contributed by atoms with Gasteiger partial charge in [-0.25, -0.2) is 0 Å². The van der Waals surface area contributed by atoms with Crippen LogP contribution in [-0.4, -0.2) is 34.6 Å². The zero-order chi connectivity index (χ0) is 19.7. The molecule has 1 aromatic heterocycles. The molecule has 28 heavy (non-hydrogen) atoms. The van der Waals surface area contributed by atoms with E-state index in [1.165, 1.54) is 0 Å². The lowest BCUT2D eigenvalue weighted by atomic mass is 10.1. The van der Waals surface area contributed by atoms with Gasteiger partial charge in [0.15, 0.2) is 5.82 Å². The first kappa shape index (κ1) is 18.2. The first-order valence-electron chi connectivity index (χ1n) is 9.36. The van der Waals surface area contributed by atoms with Crippen LogP contribution in [0.15, 0.2) is 47.0 Å². The number of carbonyl (C=O) groups is 1. The molecule has 1 saturated heterocycles. The molecule has 1 amide bonds. The number of hydrogen-bond donors (Lipinski definition) is 0. The van der Waals surface area contributed by atoms with E-state index in [9.17, 15) is 4.79 Å². The summed E-state index contributed by atoms with van der Waals surface area (Å²) in [6.45, 7) is 5.14. The van der Waals surface area contributed by atoms with Crippen molar-refractivity contribution >= 4 is 5.91 Å². The van der Waals surface area contributed by atoms with Gasteiger partial charge in [-0.1, -0.05) is 41.1 Å². The van der Waals surface area contributed by atoms with Gasteiger partial charge in [0.2, 0.25) is 5.91 Å². The zero-order valence-corrected chi connectivity index (χ0v) is 16.3. The topological polar surface area (TPSA) is 68.5 Å². The summed E-state index contributed by atoms with van der Waals surface area (Å²) in [4.78, 5) is 19.0. The lowest BCUT2D eigenvalue weighted by Crippen LogP contribution is -2.24. The average molecular weight is 377 g/mol. The molecule has 0 radical (unpaired) electrons. The normalized spacial score (nSPS) is 16.6. The van der Waals surface area contributed by atoms with Crippen LogP contribution in [0.5, 0.6) is 5.75 Å². The van der Waals surface area contributed by atoms with Crippen molar-refractivity contribution in [1.29, 1.82) is 0 Å². The van der Waals surface area contributed by atoms with Crippen LogP contribution >= 0.6 is 0 Å². The molecule has 1 aliphatic rings. The number of aromatic nitrogens is 2. The second-order valence-corrected chi connectivity index (χ2v) is 7.26. The van der Waals surface area contributed by atoms with Crippen LogP contribution < -0.4 is 4.74 Å². The molecular weight excluding hydrogens is 354 g/mol. The van der Waals surface area contributed by atoms with Gasteiger partial charge < -0.3 is 14.2 Å². The number of hydrogen-bond acceptors (Lipinski definition) is 5. The summed E-state index contributed by atoms with van der Waals surface area (Å²) in [7, 11) is 1.64. The first-order valence-corrected chi connectivity index (χ1v) is 9.36. The Hall–Kier alpha value is -3.15. The number of aryl methyl sites for hydroxylation is 2. The van der Waals surface area contributed by atoms with E-state index in [0.29, 0.717) is 31.2 Å². The van der Waals surface area contributed by atoms with E-state index in [0.717, 1.165) is 28.0 Å². The molecule has 1 unspecified atom stereocenters. The van der Waals surface area contributed by atoms with E-state index < -0.39 is 0 Å². The third-order valence-electron chi connectivity index (χ3n) is 5.20. The number of methoxy groups -OCH3 is 1. The molecule has 1 fully saturated rings. The molecule has 0 N–H and O–H groups in total. The number of para-hydroxylation sites is 1. The molecule has 144 valence electrons. The predicted octanol–water partition coefficient (Wildman–Crippen LogP) is 3.88. The molecule has 0 aliphatic carbocycles. The lowest BCUT2D eigenvalue weighted by Gasteiger charge is -2.17. The van der Waals surface area contributed by atoms with Crippen molar-refractivity contribution < 1.29 is 14.1 Å². The second kappa shape index (κ2) is 7.46. The van der Waals surface area contributed by atoms with Crippen LogP contribution in [0.4, 0.5) is 0 Å². The SMILES string of the molecule is COc1ccccc1CN1CC(c2noc(-c3cc(C)ccc3C)n2)CC1=O. The highest BCUT2D eigenvalue weighted by Crippen LogP contribution is 2.31. The average Bonchev–Trinajstić information content (AvgIpc) is 3.31. The molecule has 6 heteroatoms. The fraction of sp³-hybridized carbons (Fsp3) is 0.318. The fourth-order valence-corrected chi connectivity index (χ4v) is 3.61. The van der Waals surface area contributed by atoms with Crippen LogP contribution in [-0.2, 0) is 11.3 Å². The summed E-state index contributed by atoms with van der Waals surface area (Å²) < 4.78 is 10.9. The Morgan fingerprint density at radius 1 is 1.21 bits per heavy atom. The van der Waals surface area contributed by atoms with E-state index in [2.05, 4.69) is 16.2 Å². The Morgan fingerprint density at radius 3 is 2.86 bits per heavy atom. The van der Waals surface area contributed by atoms with Crippen molar-refractivity contribution in [3.8, 4) is 17.2 Å². The first-order chi connectivity index (χ1) is 13.5. The highest BCUT2D eigenvalue weighted by atomic mass is 16.5. The van der Waals surface area contributed by atoms with Crippen LogP contribution in [0.3, 0.4) is 0 Å². The minimum absolute atomic E-state index is 0.0650. The Morgan fingerprint density at radius 2 is 2.04 bits per heavy atom. The molecule has 0 spiro atoms. The molecule has 0 bridgehead atoms. The van der Waals surface area contributed by atoms with Crippen molar-refractivity contribution in [2.75, 3.05) is 13.7 Å². The molecule has 0 saturated carbocycles. The Labute approximate surface area is 164 Å². The fourth-order valence-electron chi connectivity index (χ4n) is 3.61. The number of ether oxygens (including phenoxy) is 1. The van der Waals surface area contributed by atoms with Crippen LogP contribution in [0.1, 0.15) is 34.9 Å². The van der Waals surface area contributed by atoms with Crippen LogP contribution in [0.25, 0.3) is 11.5 Å². The minimum atomic E-state index is -0.0650. The number of likely N-dealkylation sites (tertiary alicyclic amines) is 1. The monoisotopic (exact) mass is 377 g/mol. The molecule has 1 atom stereocenters. The maximum absolute atomic E-state index is 12.5. The van der Waals surface area contributed by atoms with E-state index in [-0.39, 0.29) is 11.8 Å². The summed E-state index contributed by atoms with van der Waals surface area (Å²) in [5, 5.41) is 4.17. The smallest absolute Gasteiger partial charge is 0.258 e. The number of carbonyl (C=O) groups excluding carboxylic acids is 1. The summed E-state index contributed by atoms with van der Waals surface area (Å²) in [6, 6.07) is 13.9. The number of rotatable bonds is 5. The summed E-state index contributed by atoms with van der Waals surface area (Å²) >= 11 is 0. The Kier molecular flexibility index (Phi) is 4.86. The van der Waals surface area contributed by atoms with E-state index in [4.69, 9.17) is 9.26 Å². The predicted molar refractivity (Wildman–Crippen MR) is 105 cm³/mol. The molecule has 2 aromatic carbocycles. The molecule has 4 rings (SSSR count). The maximum atomic E-state index is 12.5. The summed E-state index contributed by atoms with van der Waals surface area (Å²) in [5.41, 5.74) is 4.15. The van der Waals surface area contributed by atoms with Crippen LogP contribution in [0.2, 0.25) is 0 Å².